The van der Waals surface area contributed by atoms with Crippen LogP contribution < -0.4 is 15.8 Å². The molecule has 0 radical (unpaired) electrons. The number of aromatic nitrogens is 1. The lowest BCUT2D eigenvalue weighted by Crippen LogP contribution is -2.71. The maximum atomic E-state index is 12.6. The molecule has 1 fully saturated rings. The van der Waals surface area contributed by atoms with Crippen LogP contribution in [0.15, 0.2) is 42.6 Å². The molecule has 1 aromatic carbocycles. The van der Waals surface area contributed by atoms with Crippen molar-refractivity contribution < 1.29 is 37.7 Å². The van der Waals surface area contributed by atoms with Crippen LogP contribution in [-0.4, -0.2) is 50.7 Å². The smallest absolute Gasteiger partial charge is 0.480 e. The molecule has 0 aliphatic carbocycles. The van der Waals surface area contributed by atoms with Crippen molar-refractivity contribution in [3.63, 3.8) is 0 Å². The summed E-state index contributed by atoms with van der Waals surface area (Å²) in [6, 6.07) is 5.30. The SMILES string of the molecule is C[C@@H](NC(=O)N1C(O)[C@H](Cc2ccnc(N)c2)[C@H]1C(=O)O)c1ccc(OC(F)(F)F)cc1. The second-order valence-electron chi connectivity index (χ2n) is 7.35. The minimum absolute atomic E-state index is 0.171. The van der Waals surface area contributed by atoms with E-state index in [-0.39, 0.29) is 12.2 Å². The number of carbonyl (C=O) groups is 2. The van der Waals surface area contributed by atoms with Crippen molar-refractivity contribution in [2.45, 2.75) is 38.0 Å². The van der Waals surface area contributed by atoms with Crippen molar-refractivity contribution in [2.24, 2.45) is 5.92 Å². The van der Waals surface area contributed by atoms with E-state index in [9.17, 15) is 33.0 Å². The lowest BCUT2D eigenvalue weighted by Gasteiger charge is -2.50. The number of aliphatic carboxylic acids is 1. The molecular formula is C20H21F3N4O5. The number of hydrogen-bond donors (Lipinski definition) is 4. The van der Waals surface area contributed by atoms with Crippen molar-refractivity contribution >= 4 is 17.8 Å². The zero-order valence-electron chi connectivity index (χ0n) is 16.8. The minimum atomic E-state index is -4.82. The average molecular weight is 454 g/mol. The lowest BCUT2D eigenvalue weighted by molar-refractivity contribution is -0.274. The molecule has 2 amide bonds. The fraction of sp³-hybridized carbons (Fsp3) is 0.350. The predicted molar refractivity (Wildman–Crippen MR) is 105 cm³/mol. The van der Waals surface area contributed by atoms with Crippen LogP contribution in [0.5, 0.6) is 5.75 Å². The van der Waals surface area contributed by atoms with Crippen LogP contribution in [0, 0.1) is 5.92 Å². The average Bonchev–Trinajstić information content (AvgIpc) is 2.68. The second kappa shape index (κ2) is 8.91. The summed E-state index contributed by atoms with van der Waals surface area (Å²) in [4.78, 5) is 29.0. The first-order valence-corrected chi connectivity index (χ1v) is 9.52. The molecule has 2 aromatic rings. The number of hydrogen-bond acceptors (Lipinski definition) is 6. The molecule has 2 heterocycles. The first-order chi connectivity index (χ1) is 15.0. The molecule has 4 atom stereocenters. The van der Waals surface area contributed by atoms with E-state index < -0.39 is 48.3 Å². The summed E-state index contributed by atoms with van der Waals surface area (Å²) in [7, 11) is 0. The van der Waals surface area contributed by atoms with Crippen LogP contribution in [0.4, 0.5) is 23.8 Å². The minimum Gasteiger partial charge on any atom is -0.480 e. The van der Waals surface area contributed by atoms with Crippen LogP contribution in [0.2, 0.25) is 0 Å². The summed E-state index contributed by atoms with van der Waals surface area (Å²) in [5.41, 5.74) is 6.75. The summed E-state index contributed by atoms with van der Waals surface area (Å²) >= 11 is 0. The number of aliphatic hydroxyl groups excluding tert-OH is 1. The molecule has 5 N–H and O–H groups in total. The maximum Gasteiger partial charge on any atom is 0.573 e. The van der Waals surface area contributed by atoms with Gasteiger partial charge in [0.2, 0.25) is 0 Å². The normalized spacial score (nSPS) is 21.4. The molecule has 0 saturated carbocycles. The Kier molecular flexibility index (Phi) is 6.44. The summed E-state index contributed by atoms with van der Waals surface area (Å²) in [5, 5.41) is 22.6. The number of likely N-dealkylation sites (tertiary alicyclic amines) is 1. The van der Waals surface area contributed by atoms with Crippen molar-refractivity contribution in [1.82, 2.24) is 15.2 Å². The van der Waals surface area contributed by atoms with Gasteiger partial charge < -0.3 is 26.0 Å². The van der Waals surface area contributed by atoms with Crippen LogP contribution in [0.3, 0.4) is 0 Å². The summed E-state index contributed by atoms with van der Waals surface area (Å²) in [5.74, 6) is -2.20. The number of urea groups is 1. The van der Waals surface area contributed by atoms with Crippen LogP contribution in [-0.2, 0) is 11.2 Å². The Hall–Kier alpha value is -3.54. The Balaban J connectivity index is 1.65. The van der Waals surface area contributed by atoms with Gasteiger partial charge in [0, 0.05) is 12.1 Å². The number of pyridine rings is 1. The Morgan fingerprint density at radius 3 is 2.50 bits per heavy atom. The van der Waals surface area contributed by atoms with Gasteiger partial charge in [-0.3, -0.25) is 4.90 Å². The van der Waals surface area contributed by atoms with E-state index in [2.05, 4.69) is 15.0 Å². The number of amides is 2. The van der Waals surface area contributed by atoms with Crippen molar-refractivity contribution in [2.75, 3.05) is 5.73 Å². The van der Waals surface area contributed by atoms with Crippen molar-refractivity contribution in [3.8, 4) is 5.75 Å². The zero-order chi connectivity index (χ0) is 23.6. The number of carboxylic acid groups (broad SMARTS) is 1. The quantitative estimate of drug-likeness (QED) is 0.525. The van der Waals surface area contributed by atoms with Crippen LogP contribution in [0.25, 0.3) is 0 Å². The Bertz CT molecular complexity index is 986. The number of nitrogens with zero attached hydrogens (tertiary/aromatic N) is 2. The van der Waals surface area contributed by atoms with Gasteiger partial charge in [0.15, 0.2) is 0 Å². The molecule has 32 heavy (non-hydrogen) atoms. The van der Waals surface area contributed by atoms with Gasteiger partial charge in [-0.25, -0.2) is 14.6 Å². The zero-order valence-corrected chi connectivity index (χ0v) is 16.8. The van der Waals surface area contributed by atoms with Gasteiger partial charge in [-0.2, -0.15) is 0 Å². The highest BCUT2D eigenvalue weighted by molar-refractivity contribution is 5.85. The number of carboxylic acids is 1. The highest BCUT2D eigenvalue weighted by Gasteiger charge is 2.54. The fourth-order valence-corrected chi connectivity index (χ4v) is 3.60. The highest BCUT2D eigenvalue weighted by Crippen LogP contribution is 2.35. The number of nitrogens with two attached hydrogens (primary N) is 1. The maximum absolute atomic E-state index is 12.6. The van der Waals surface area contributed by atoms with E-state index in [1.165, 1.54) is 18.3 Å². The summed E-state index contributed by atoms with van der Waals surface area (Å²) in [6.45, 7) is 1.57. The first kappa shape index (κ1) is 23.1. The molecule has 12 heteroatoms. The lowest BCUT2D eigenvalue weighted by atomic mass is 9.81. The number of nitrogen functional groups attached to an aromatic ring is 1. The van der Waals surface area contributed by atoms with E-state index >= 15 is 0 Å². The molecule has 1 aromatic heterocycles. The number of benzene rings is 1. The third-order valence-electron chi connectivity index (χ3n) is 5.13. The van der Waals surface area contributed by atoms with E-state index in [1.54, 1.807) is 19.1 Å². The van der Waals surface area contributed by atoms with Gasteiger partial charge in [0.05, 0.1) is 6.04 Å². The largest absolute Gasteiger partial charge is 0.573 e. The van der Waals surface area contributed by atoms with Gasteiger partial charge in [-0.15, -0.1) is 13.2 Å². The van der Waals surface area contributed by atoms with Gasteiger partial charge in [-0.05, 0) is 48.7 Å². The second-order valence-corrected chi connectivity index (χ2v) is 7.35. The van der Waals surface area contributed by atoms with Crippen molar-refractivity contribution in [3.05, 3.63) is 53.7 Å². The standard InChI is InChI=1S/C20H21F3N4O5/c1-10(12-2-4-13(5-3-12)32-20(21,22)23)26-19(31)27-16(18(29)30)14(17(27)28)8-11-6-7-25-15(24)9-11/h2-7,9-10,14,16-17,28H,8H2,1H3,(H2,24,25)(H,26,31)(H,29,30)/t10-,14-,16+,17?/m1/s1. The van der Waals surface area contributed by atoms with E-state index in [1.807, 2.05) is 0 Å². The Morgan fingerprint density at radius 2 is 1.94 bits per heavy atom. The predicted octanol–water partition coefficient (Wildman–Crippen LogP) is 2.28. The van der Waals surface area contributed by atoms with E-state index in [0.29, 0.717) is 11.1 Å². The third kappa shape index (κ3) is 5.19. The number of anilines is 1. The van der Waals surface area contributed by atoms with Gasteiger partial charge in [0.25, 0.3) is 0 Å². The number of rotatable bonds is 6. The molecular weight excluding hydrogens is 433 g/mol. The van der Waals surface area contributed by atoms with E-state index in [0.717, 1.165) is 17.0 Å². The number of halogens is 3. The number of alkyl halides is 3. The van der Waals surface area contributed by atoms with Gasteiger partial charge in [-0.1, -0.05) is 12.1 Å². The van der Waals surface area contributed by atoms with Crippen LogP contribution in [0.1, 0.15) is 24.1 Å². The number of nitrogens with one attached hydrogen (secondary N) is 1. The summed E-state index contributed by atoms with van der Waals surface area (Å²) in [6.07, 6.45) is -4.53. The van der Waals surface area contributed by atoms with E-state index in [4.69, 9.17) is 5.73 Å². The first-order valence-electron chi connectivity index (χ1n) is 9.52. The molecule has 0 bridgehead atoms. The molecule has 172 valence electrons. The van der Waals surface area contributed by atoms with Crippen molar-refractivity contribution in [1.29, 1.82) is 0 Å². The third-order valence-corrected chi connectivity index (χ3v) is 5.13. The Labute approximate surface area is 180 Å². The molecule has 1 saturated heterocycles. The topological polar surface area (TPSA) is 138 Å². The van der Waals surface area contributed by atoms with Gasteiger partial charge >= 0.3 is 18.4 Å². The fourth-order valence-electron chi connectivity index (χ4n) is 3.60. The number of carbonyl (C=O) groups excluding carboxylic acids is 1. The molecule has 3 rings (SSSR count). The molecule has 1 unspecified atom stereocenters. The number of ether oxygens (including phenoxy) is 1. The Morgan fingerprint density at radius 1 is 1.28 bits per heavy atom. The highest BCUT2D eigenvalue weighted by atomic mass is 19.4. The monoisotopic (exact) mass is 454 g/mol. The molecule has 0 spiro atoms. The molecule has 9 nitrogen and oxygen atoms in total. The number of aliphatic hydroxyl groups is 1. The van der Waals surface area contributed by atoms with Gasteiger partial charge in [0.1, 0.15) is 23.8 Å². The summed E-state index contributed by atoms with van der Waals surface area (Å²) < 4.78 is 40.6. The molecule has 1 aliphatic heterocycles. The van der Waals surface area contributed by atoms with Crippen LogP contribution >= 0.6 is 0 Å². The molecule has 1 aliphatic rings.